The van der Waals surface area contributed by atoms with Crippen molar-refractivity contribution in [3.05, 3.63) is 91.0 Å². The Hall–Kier alpha value is -2.23. The minimum absolute atomic E-state index is 0.502. The van der Waals surface area contributed by atoms with Crippen molar-refractivity contribution in [3.8, 4) is 0 Å². The highest BCUT2D eigenvalue weighted by atomic mass is 32.2. The molecule has 1 fully saturated rings. The van der Waals surface area contributed by atoms with Crippen molar-refractivity contribution in [2.75, 3.05) is 10.8 Å². The normalized spacial score (nSPS) is 19.1. The van der Waals surface area contributed by atoms with E-state index in [4.69, 9.17) is 0 Å². The molecule has 1 aliphatic rings. The molecule has 138 valence electrons. The zero-order valence-corrected chi connectivity index (χ0v) is 16.3. The van der Waals surface area contributed by atoms with Gasteiger partial charge < -0.3 is 0 Å². The summed E-state index contributed by atoms with van der Waals surface area (Å²) in [4.78, 5) is 1.37. The lowest BCUT2D eigenvalue weighted by molar-refractivity contribution is 0.437. The molecule has 3 aromatic carbocycles. The largest absolute Gasteiger partial charge is 0.277 e. The standard InChI is InChI=1S/C24H26N2S/c1-4-12-21(13-5-1)26(22-14-6-2-7-15-22)25-24-18-10-11-20(24)19-27-23-16-8-3-9-17-23/h1-9,12-17,20,24-25H,10-11,18-19H2/t20-,24+/m1/s1. The number of nitrogens with one attached hydrogen (secondary N) is 1. The smallest absolute Gasteiger partial charge is 0.0577 e. The molecule has 2 atom stereocenters. The van der Waals surface area contributed by atoms with Gasteiger partial charge in [0, 0.05) is 16.7 Å². The third-order valence-electron chi connectivity index (χ3n) is 5.19. The monoisotopic (exact) mass is 374 g/mol. The number of hydrogen-bond acceptors (Lipinski definition) is 3. The van der Waals surface area contributed by atoms with E-state index in [0.29, 0.717) is 12.0 Å². The minimum atomic E-state index is 0.502. The Balaban J connectivity index is 1.48. The Bertz CT molecular complexity index is 768. The Labute approximate surface area is 166 Å². The maximum atomic E-state index is 3.85. The SMILES string of the molecule is c1ccc(SC[C@H]2CCC[C@@H]2NN(c2ccccc2)c2ccccc2)cc1. The van der Waals surface area contributed by atoms with Crippen LogP contribution in [0.4, 0.5) is 11.4 Å². The van der Waals surface area contributed by atoms with Crippen LogP contribution in [0.1, 0.15) is 19.3 Å². The van der Waals surface area contributed by atoms with Crippen molar-refractivity contribution in [2.45, 2.75) is 30.2 Å². The summed E-state index contributed by atoms with van der Waals surface area (Å²) < 4.78 is 0. The molecule has 4 rings (SSSR count). The molecule has 3 aromatic rings. The zero-order valence-electron chi connectivity index (χ0n) is 15.5. The van der Waals surface area contributed by atoms with Crippen LogP contribution in [0.3, 0.4) is 0 Å². The first-order chi connectivity index (χ1) is 13.4. The van der Waals surface area contributed by atoms with Gasteiger partial charge in [-0.05, 0) is 55.2 Å². The fourth-order valence-electron chi connectivity index (χ4n) is 3.74. The first-order valence-corrected chi connectivity index (χ1v) is 10.7. The van der Waals surface area contributed by atoms with Crippen LogP contribution in [0.25, 0.3) is 0 Å². The summed E-state index contributed by atoms with van der Waals surface area (Å²) in [5, 5.41) is 2.26. The first kappa shape index (κ1) is 18.1. The maximum absolute atomic E-state index is 3.85. The number of anilines is 2. The first-order valence-electron chi connectivity index (χ1n) is 9.74. The Morgan fingerprint density at radius 2 is 1.30 bits per heavy atom. The van der Waals surface area contributed by atoms with E-state index in [0.717, 1.165) is 0 Å². The molecule has 0 amide bonds. The summed E-state index contributed by atoms with van der Waals surface area (Å²) in [5.74, 6) is 1.85. The van der Waals surface area contributed by atoms with Crippen molar-refractivity contribution in [2.24, 2.45) is 5.92 Å². The van der Waals surface area contributed by atoms with E-state index in [1.807, 2.05) is 11.8 Å². The zero-order chi connectivity index (χ0) is 18.3. The molecule has 27 heavy (non-hydrogen) atoms. The molecule has 0 heterocycles. The third kappa shape index (κ3) is 4.74. The quantitative estimate of drug-likeness (QED) is 0.386. The highest BCUT2D eigenvalue weighted by Crippen LogP contribution is 2.33. The van der Waals surface area contributed by atoms with Gasteiger partial charge >= 0.3 is 0 Å². The van der Waals surface area contributed by atoms with Gasteiger partial charge in [0.1, 0.15) is 0 Å². The molecule has 1 saturated carbocycles. The van der Waals surface area contributed by atoms with Crippen LogP contribution in [-0.4, -0.2) is 11.8 Å². The molecule has 0 aliphatic heterocycles. The van der Waals surface area contributed by atoms with E-state index >= 15 is 0 Å². The number of hydrazine groups is 1. The van der Waals surface area contributed by atoms with Crippen molar-refractivity contribution >= 4 is 23.1 Å². The van der Waals surface area contributed by atoms with E-state index in [9.17, 15) is 0 Å². The number of thioether (sulfide) groups is 1. The summed E-state index contributed by atoms with van der Waals surface area (Å²) in [5.41, 5.74) is 6.23. The van der Waals surface area contributed by atoms with Gasteiger partial charge in [-0.3, -0.25) is 5.01 Å². The van der Waals surface area contributed by atoms with E-state index < -0.39 is 0 Å². The second kappa shape index (κ2) is 9.12. The number of nitrogens with zero attached hydrogens (tertiary/aromatic N) is 1. The molecule has 1 N–H and O–H groups in total. The molecule has 3 heteroatoms. The van der Waals surface area contributed by atoms with Crippen LogP contribution in [-0.2, 0) is 0 Å². The van der Waals surface area contributed by atoms with Crippen LogP contribution in [0.2, 0.25) is 0 Å². The second-order valence-electron chi connectivity index (χ2n) is 7.06. The summed E-state index contributed by atoms with van der Waals surface area (Å²) in [7, 11) is 0. The number of hydrogen-bond donors (Lipinski definition) is 1. The van der Waals surface area contributed by atoms with Gasteiger partial charge in [0.25, 0.3) is 0 Å². The Kier molecular flexibility index (Phi) is 6.13. The van der Waals surface area contributed by atoms with E-state index in [1.54, 1.807) is 0 Å². The highest BCUT2D eigenvalue weighted by Gasteiger charge is 2.29. The lowest BCUT2D eigenvalue weighted by Gasteiger charge is -2.32. The molecule has 0 bridgehead atoms. The molecule has 2 nitrogen and oxygen atoms in total. The lowest BCUT2D eigenvalue weighted by Crippen LogP contribution is -2.44. The van der Waals surface area contributed by atoms with E-state index in [-0.39, 0.29) is 0 Å². The molecular weight excluding hydrogens is 348 g/mol. The van der Waals surface area contributed by atoms with E-state index in [2.05, 4.69) is 101 Å². The van der Waals surface area contributed by atoms with Crippen molar-refractivity contribution in [1.82, 2.24) is 5.43 Å². The van der Waals surface area contributed by atoms with Gasteiger partial charge in [-0.15, -0.1) is 11.8 Å². The van der Waals surface area contributed by atoms with E-state index in [1.165, 1.54) is 41.3 Å². The van der Waals surface area contributed by atoms with Crippen LogP contribution < -0.4 is 10.4 Å². The second-order valence-corrected chi connectivity index (χ2v) is 8.15. The molecule has 0 spiro atoms. The van der Waals surface area contributed by atoms with Crippen LogP contribution >= 0.6 is 11.8 Å². The van der Waals surface area contributed by atoms with Crippen LogP contribution in [0.5, 0.6) is 0 Å². The fraction of sp³-hybridized carbons (Fsp3) is 0.250. The Morgan fingerprint density at radius 3 is 1.89 bits per heavy atom. The summed E-state index contributed by atoms with van der Waals surface area (Å²) in [6, 6.07) is 32.5. The molecule has 0 unspecified atom stereocenters. The summed E-state index contributed by atoms with van der Waals surface area (Å²) in [6.45, 7) is 0. The van der Waals surface area contributed by atoms with Crippen LogP contribution in [0, 0.1) is 5.92 Å². The van der Waals surface area contributed by atoms with Crippen molar-refractivity contribution < 1.29 is 0 Å². The average molecular weight is 375 g/mol. The van der Waals surface area contributed by atoms with Gasteiger partial charge in [0.05, 0.1) is 11.4 Å². The molecular formula is C24H26N2S. The molecule has 0 aromatic heterocycles. The predicted molar refractivity (Wildman–Crippen MR) is 116 cm³/mol. The third-order valence-corrected chi connectivity index (χ3v) is 6.39. The number of benzene rings is 3. The van der Waals surface area contributed by atoms with Gasteiger partial charge in [-0.2, -0.15) is 0 Å². The van der Waals surface area contributed by atoms with Gasteiger partial charge in [-0.1, -0.05) is 61.0 Å². The number of para-hydroxylation sites is 2. The maximum Gasteiger partial charge on any atom is 0.0577 e. The minimum Gasteiger partial charge on any atom is -0.277 e. The fourth-order valence-corrected chi connectivity index (χ4v) is 4.90. The average Bonchev–Trinajstić information content (AvgIpc) is 3.19. The van der Waals surface area contributed by atoms with Gasteiger partial charge in [0.15, 0.2) is 0 Å². The molecule has 1 aliphatic carbocycles. The van der Waals surface area contributed by atoms with Gasteiger partial charge in [0.2, 0.25) is 0 Å². The van der Waals surface area contributed by atoms with Crippen LogP contribution in [0.15, 0.2) is 95.9 Å². The molecule has 0 radical (unpaired) electrons. The summed E-state index contributed by atoms with van der Waals surface area (Å²) in [6.07, 6.45) is 3.83. The highest BCUT2D eigenvalue weighted by molar-refractivity contribution is 7.99. The topological polar surface area (TPSA) is 15.3 Å². The Morgan fingerprint density at radius 1 is 0.741 bits per heavy atom. The summed E-state index contributed by atoms with van der Waals surface area (Å²) >= 11 is 1.98. The lowest BCUT2D eigenvalue weighted by atomic mass is 10.1. The van der Waals surface area contributed by atoms with Crippen molar-refractivity contribution in [3.63, 3.8) is 0 Å². The predicted octanol–water partition coefficient (Wildman–Crippen LogP) is 6.29. The van der Waals surface area contributed by atoms with Crippen molar-refractivity contribution in [1.29, 1.82) is 0 Å². The molecule has 0 saturated heterocycles. The van der Waals surface area contributed by atoms with Gasteiger partial charge in [-0.25, -0.2) is 5.43 Å². The number of rotatable bonds is 7.